The largest absolute Gasteiger partial charge is 0.382 e. The minimum absolute atomic E-state index is 0. The molecule has 1 aliphatic rings. The molecular weight excluding hydrogens is 142 g/mol. The maximum atomic E-state index is 5.23. The van der Waals surface area contributed by atoms with Crippen molar-refractivity contribution in [2.24, 2.45) is 16.7 Å². The van der Waals surface area contributed by atoms with Crippen molar-refractivity contribution in [2.75, 3.05) is 0 Å². The van der Waals surface area contributed by atoms with Crippen LogP contribution in [0.5, 0.6) is 0 Å². The van der Waals surface area contributed by atoms with Gasteiger partial charge in [0, 0.05) is 6.20 Å². The van der Waals surface area contributed by atoms with Crippen molar-refractivity contribution in [1.29, 1.82) is 0 Å². The lowest BCUT2D eigenvalue weighted by atomic mass is 10.6. The molecule has 0 atom stereocenters. The molecule has 0 unspecified atom stereocenters. The van der Waals surface area contributed by atoms with Crippen molar-refractivity contribution in [2.45, 2.75) is 0 Å². The first-order valence-corrected chi connectivity index (χ1v) is 2.10. The zero-order valence-electron chi connectivity index (χ0n) is 4.61. The lowest BCUT2D eigenvalue weighted by Gasteiger charge is -2.14. The number of halogens is 1. The molecule has 5 N–H and O–H groups in total. The van der Waals surface area contributed by atoms with Gasteiger partial charge in [0.1, 0.15) is 5.84 Å². The third kappa shape index (κ3) is 2.20. The molecule has 0 fully saturated rings. The van der Waals surface area contributed by atoms with Gasteiger partial charge in [-0.25, -0.2) is 5.84 Å². The van der Waals surface area contributed by atoms with Crippen molar-refractivity contribution in [3.05, 3.63) is 12.3 Å². The van der Waals surface area contributed by atoms with Crippen molar-refractivity contribution in [3.8, 4) is 0 Å². The highest BCUT2D eigenvalue weighted by atomic mass is 35.5. The molecule has 9 heavy (non-hydrogen) atoms. The van der Waals surface area contributed by atoms with Gasteiger partial charge in [-0.3, -0.25) is 5.43 Å². The Balaban J connectivity index is 0.000000640. The number of rotatable bonds is 0. The van der Waals surface area contributed by atoms with Gasteiger partial charge >= 0.3 is 0 Å². The fraction of sp³-hybridized carbons (Fsp3) is 0. The van der Waals surface area contributed by atoms with Crippen LogP contribution in [0.2, 0.25) is 0 Å². The standard InChI is InChI=1S/C3H7N5.ClH/c4-3-1-2-6-8(5)7-3;/h1-2,6H,5H2,(H2,4,7);1H. The fourth-order valence-corrected chi connectivity index (χ4v) is 0.386. The van der Waals surface area contributed by atoms with E-state index in [1.54, 1.807) is 12.3 Å². The quantitative estimate of drug-likeness (QED) is 0.382. The lowest BCUT2D eigenvalue weighted by molar-refractivity contribution is 0.236. The third-order valence-corrected chi connectivity index (χ3v) is 0.684. The molecular formula is C3H8ClN5. The number of hydrogen-bond donors (Lipinski definition) is 3. The van der Waals surface area contributed by atoms with Gasteiger partial charge in [-0.15, -0.1) is 22.7 Å². The Morgan fingerprint density at radius 3 is 2.67 bits per heavy atom. The van der Waals surface area contributed by atoms with Crippen LogP contribution in [-0.2, 0) is 0 Å². The van der Waals surface area contributed by atoms with Gasteiger partial charge in [-0.2, -0.15) is 0 Å². The number of hydrazine groups is 2. The molecule has 0 aromatic carbocycles. The van der Waals surface area contributed by atoms with E-state index >= 15 is 0 Å². The minimum atomic E-state index is 0. The highest BCUT2D eigenvalue weighted by Gasteiger charge is 1.94. The summed E-state index contributed by atoms with van der Waals surface area (Å²) in [5, 5.41) is 4.63. The number of amidine groups is 1. The number of hydrazone groups is 1. The monoisotopic (exact) mass is 149 g/mol. The molecule has 0 aliphatic carbocycles. The average molecular weight is 150 g/mol. The molecule has 1 aliphatic heterocycles. The van der Waals surface area contributed by atoms with Crippen LogP contribution < -0.4 is 17.0 Å². The summed E-state index contributed by atoms with van der Waals surface area (Å²) in [5.74, 6) is 5.52. The molecule has 52 valence electrons. The predicted octanol–water partition coefficient (Wildman–Crippen LogP) is -1.11. The topological polar surface area (TPSA) is 79.7 Å². The van der Waals surface area contributed by atoms with Gasteiger partial charge in [-0.1, -0.05) is 0 Å². The third-order valence-electron chi connectivity index (χ3n) is 0.684. The second kappa shape index (κ2) is 3.16. The van der Waals surface area contributed by atoms with Crippen LogP contribution in [0.15, 0.2) is 17.4 Å². The van der Waals surface area contributed by atoms with Crippen molar-refractivity contribution in [3.63, 3.8) is 0 Å². The Hall–Kier alpha value is -0.940. The number of nitrogens with zero attached hydrogens (tertiary/aromatic N) is 2. The molecule has 0 saturated heterocycles. The van der Waals surface area contributed by atoms with Crippen LogP contribution in [0.1, 0.15) is 0 Å². The Morgan fingerprint density at radius 2 is 2.33 bits per heavy atom. The van der Waals surface area contributed by atoms with Crippen molar-refractivity contribution in [1.82, 2.24) is 10.7 Å². The number of hydrogen-bond acceptors (Lipinski definition) is 5. The molecule has 0 saturated carbocycles. The lowest BCUT2D eigenvalue weighted by Crippen LogP contribution is -2.40. The van der Waals surface area contributed by atoms with Gasteiger partial charge in [0.25, 0.3) is 0 Å². The summed E-state index contributed by atoms with van der Waals surface area (Å²) in [4.78, 5) is 0. The van der Waals surface area contributed by atoms with E-state index in [2.05, 4.69) is 10.5 Å². The van der Waals surface area contributed by atoms with Crippen LogP contribution in [0.25, 0.3) is 0 Å². The van der Waals surface area contributed by atoms with Crippen LogP contribution >= 0.6 is 12.4 Å². The van der Waals surface area contributed by atoms with Crippen molar-refractivity contribution >= 4 is 18.2 Å². The molecule has 0 spiro atoms. The normalized spacial score (nSPS) is 15.7. The Kier molecular flexibility index (Phi) is 2.83. The van der Waals surface area contributed by atoms with E-state index in [1.807, 2.05) is 0 Å². The first-order chi connectivity index (χ1) is 3.79. The molecule has 0 aromatic rings. The summed E-state index contributed by atoms with van der Waals surface area (Å²) < 4.78 is 0. The summed E-state index contributed by atoms with van der Waals surface area (Å²) in [5.41, 5.74) is 7.80. The summed E-state index contributed by atoms with van der Waals surface area (Å²) in [6.45, 7) is 0. The van der Waals surface area contributed by atoms with E-state index in [0.717, 1.165) is 5.23 Å². The van der Waals surface area contributed by atoms with E-state index in [9.17, 15) is 0 Å². The highest BCUT2D eigenvalue weighted by molar-refractivity contribution is 5.91. The van der Waals surface area contributed by atoms with E-state index in [0.29, 0.717) is 5.84 Å². The molecule has 1 rings (SSSR count). The first-order valence-electron chi connectivity index (χ1n) is 2.10. The number of nitrogens with two attached hydrogens (primary N) is 2. The van der Waals surface area contributed by atoms with Gasteiger partial charge in [0.15, 0.2) is 0 Å². The first kappa shape index (κ1) is 8.06. The Bertz CT molecular complexity index is 141. The minimum Gasteiger partial charge on any atom is -0.382 e. The van der Waals surface area contributed by atoms with Gasteiger partial charge < -0.3 is 5.73 Å². The van der Waals surface area contributed by atoms with Crippen molar-refractivity contribution < 1.29 is 0 Å². The molecule has 0 bridgehead atoms. The van der Waals surface area contributed by atoms with Gasteiger partial charge in [0.05, 0.1) is 0 Å². The summed E-state index contributed by atoms with van der Waals surface area (Å²) in [6, 6.07) is 0. The predicted molar refractivity (Wildman–Crippen MR) is 37.2 cm³/mol. The SMILES string of the molecule is Cl.NC1=NN(N)NC=C1. The molecule has 0 radical (unpaired) electrons. The average Bonchev–Trinajstić information content (AvgIpc) is 1.64. The number of nitrogens with one attached hydrogen (secondary N) is 1. The molecule has 6 heteroatoms. The van der Waals surface area contributed by atoms with Crippen LogP contribution in [0, 0.1) is 0 Å². The van der Waals surface area contributed by atoms with E-state index in [4.69, 9.17) is 11.6 Å². The second-order valence-electron chi connectivity index (χ2n) is 1.33. The van der Waals surface area contributed by atoms with E-state index in [1.165, 1.54) is 0 Å². The van der Waals surface area contributed by atoms with Crippen LogP contribution in [0.3, 0.4) is 0 Å². The zero-order chi connectivity index (χ0) is 5.98. The maximum absolute atomic E-state index is 5.23. The summed E-state index contributed by atoms with van der Waals surface area (Å²) in [6.07, 6.45) is 3.21. The highest BCUT2D eigenvalue weighted by Crippen LogP contribution is 1.81. The van der Waals surface area contributed by atoms with Gasteiger partial charge in [-0.05, 0) is 6.08 Å². The maximum Gasteiger partial charge on any atom is 0.148 e. The van der Waals surface area contributed by atoms with Gasteiger partial charge in [0.2, 0.25) is 0 Å². The Morgan fingerprint density at radius 1 is 1.67 bits per heavy atom. The molecule has 5 nitrogen and oxygen atoms in total. The van der Waals surface area contributed by atoms with Crippen LogP contribution in [-0.4, -0.2) is 11.1 Å². The molecule has 0 amide bonds. The smallest absolute Gasteiger partial charge is 0.148 e. The molecule has 0 aromatic heterocycles. The Labute approximate surface area is 58.7 Å². The van der Waals surface area contributed by atoms with Crippen LogP contribution in [0.4, 0.5) is 0 Å². The second-order valence-corrected chi connectivity index (χ2v) is 1.33. The fourth-order valence-electron chi connectivity index (χ4n) is 0.386. The summed E-state index contributed by atoms with van der Waals surface area (Å²) in [7, 11) is 0. The van der Waals surface area contributed by atoms with E-state index < -0.39 is 0 Å². The van der Waals surface area contributed by atoms with E-state index in [-0.39, 0.29) is 12.4 Å². The summed E-state index contributed by atoms with van der Waals surface area (Å²) >= 11 is 0. The molecule has 1 heterocycles. The zero-order valence-corrected chi connectivity index (χ0v) is 5.43.